The van der Waals surface area contributed by atoms with Gasteiger partial charge in [-0.25, -0.2) is 0 Å². The molecule has 2 aromatic rings. The van der Waals surface area contributed by atoms with Crippen molar-refractivity contribution in [2.45, 2.75) is 20.3 Å². The third-order valence-electron chi connectivity index (χ3n) is 3.14. The van der Waals surface area contributed by atoms with Gasteiger partial charge in [-0.05, 0) is 26.0 Å². The Hall–Kier alpha value is -1.23. The Bertz CT molecular complexity index is 611. The van der Waals surface area contributed by atoms with Crippen molar-refractivity contribution in [3.63, 3.8) is 0 Å². The van der Waals surface area contributed by atoms with Crippen molar-refractivity contribution in [2.75, 3.05) is 19.6 Å². The zero-order chi connectivity index (χ0) is 14.5. The normalized spacial score (nSPS) is 10.4. The molecule has 1 heterocycles. The number of aryl methyl sites for hydroxylation is 1. The molecule has 0 bridgehead atoms. The minimum Gasteiger partial charge on any atom is -0.449 e. The second-order valence-electron chi connectivity index (χ2n) is 4.68. The molecule has 1 aromatic heterocycles. The predicted octanol–water partition coefficient (Wildman–Crippen LogP) is 3.55. The van der Waals surface area contributed by atoms with E-state index in [1.54, 1.807) is 6.07 Å². The molecule has 0 aliphatic carbocycles. The summed E-state index contributed by atoms with van der Waals surface area (Å²) in [5, 5.41) is 7.47. The highest BCUT2D eigenvalue weighted by Crippen LogP contribution is 2.30. The molecule has 116 valence electrons. The van der Waals surface area contributed by atoms with E-state index in [9.17, 15) is 4.79 Å². The minimum absolute atomic E-state index is 0. The first-order chi connectivity index (χ1) is 9.65. The average molecular weight is 331 g/mol. The summed E-state index contributed by atoms with van der Waals surface area (Å²) in [7, 11) is 0. The fraction of sp³-hybridized carbons (Fsp3) is 0.400. The van der Waals surface area contributed by atoms with E-state index in [0.29, 0.717) is 22.9 Å². The van der Waals surface area contributed by atoms with Crippen molar-refractivity contribution < 1.29 is 9.21 Å². The van der Waals surface area contributed by atoms with Crippen LogP contribution in [0.1, 0.15) is 29.5 Å². The van der Waals surface area contributed by atoms with Gasteiger partial charge in [0.15, 0.2) is 11.3 Å². The molecule has 0 aliphatic heterocycles. The maximum atomic E-state index is 12.1. The van der Waals surface area contributed by atoms with Gasteiger partial charge in [-0.15, -0.1) is 12.4 Å². The number of carbonyl (C=O) groups is 1. The standard InChI is InChI=1S/C15H19ClN2O2.ClH/c1-3-7-17-8-9-18-15(19)13-10(2)11-5-4-6-12(16)14(11)20-13;/h4-6,17H,3,7-9H2,1-2H3,(H,18,19);1H. The Labute approximate surface area is 135 Å². The van der Waals surface area contributed by atoms with Crippen LogP contribution in [-0.4, -0.2) is 25.5 Å². The first-order valence-electron chi connectivity index (χ1n) is 6.81. The van der Waals surface area contributed by atoms with E-state index < -0.39 is 0 Å². The molecule has 21 heavy (non-hydrogen) atoms. The molecule has 0 radical (unpaired) electrons. The summed E-state index contributed by atoms with van der Waals surface area (Å²) in [5.74, 6) is 0.136. The lowest BCUT2D eigenvalue weighted by atomic mass is 10.1. The van der Waals surface area contributed by atoms with Crippen LogP contribution < -0.4 is 10.6 Å². The highest BCUT2D eigenvalue weighted by molar-refractivity contribution is 6.35. The molecule has 0 saturated heterocycles. The number of benzene rings is 1. The molecule has 4 nitrogen and oxygen atoms in total. The topological polar surface area (TPSA) is 54.3 Å². The van der Waals surface area contributed by atoms with Gasteiger partial charge in [0.25, 0.3) is 5.91 Å². The van der Waals surface area contributed by atoms with Gasteiger partial charge in [-0.1, -0.05) is 30.7 Å². The molecule has 0 atom stereocenters. The number of fused-ring (bicyclic) bond motifs is 1. The number of carbonyl (C=O) groups excluding carboxylic acids is 1. The highest BCUT2D eigenvalue weighted by atomic mass is 35.5. The van der Waals surface area contributed by atoms with Crippen molar-refractivity contribution in [2.24, 2.45) is 0 Å². The summed E-state index contributed by atoms with van der Waals surface area (Å²) in [6.45, 7) is 6.25. The number of amides is 1. The van der Waals surface area contributed by atoms with Gasteiger partial charge in [-0.3, -0.25) is 4.79 Å². The van der Waals surface area contributed by atoms with E-state index >= 15 is 0 Å². The molecule has 2 rings (SSSR count). The Morgan fingerprint density at radius 2 is 2.05 bits per heavy atom. The van der Waals surface area contributed by atoms with Crippen LogP contribution in [0, 0.1) is 6.92 Å². The van der Waals surface area contributed by atoms with Gasteiger partial charge in [0.05, 0.1) is 5.02 Å². The lowest BCUT2D eigenvalue weighted by Gasteiger charge is -2.04. The van der Waals surface area contributed by atoms with Crippen molar-refractivity contribution in [3.8, 4) is 0 Å². The van der Waals surface area contributed by atoms with E-state index in [4.69, 9.17) is 16.0 Å². The first-order valence-corrected chi connectivity index (χ1v) is 7.19. The molecule has 0 spiro atoms. The largest absolute Gasteiger partial charge is 0.449 e. The van der Waals surface area contributed by atoms with Crippen molar-refractivity contribution in [1.29, 1.82) is 0 Å². The zero-order valence-corrected chi connectivity index (χ0v) is 13.7. The molecule has 0 saturated carbocycles. The third kappa shape index (κ3) is 4.13. The second-order valence-corrected chi connectivity index (χ2v) is 5.09. The monoisotopic (exact) mass is 330 g/mol. The average Bonchev–Trinajstić information content (AvgIpc) is 2.78. The van der Waals surface area contributed by atoms with Gasteiger partial charge < -0.3 is 15.1 Å². The number of para-hydroxylation sites is 1. The molecule has 0 aliphatic rings. The molecular formula is C15H20Cl2N2O2. The van der Waals surface area contributed by atoms with E-state index in [-0.39, 0.29) is 18.3 Å². The number of nitrogens with one attached hydrogen (secondary N) is 2. The number of furan rings is 1. The minimum atomic E-state index is -0.201. The summed E-state index contributed by atoms with van der Waals surface area (Å²) in [6, 6.07) is 5.51. The van der Waals surface area contributed by atoms with Crippen LogP contribution in [-0.2, 0) is 0 Å². The molecule has 0 fully saturated rings. The Morgan fingerprint density at radius 3 is 2.71 bits per heavy atom. The Kier molecular flexibility index (Phi) is 7.02. The van der Waals surface area contributed by atoms with Crippen LogP contribution in [0.4, 0.5) is 0 Å². The van der Waals surface area contributed by atoms with Gasteiger partial charge >= 0.3 is 0 Å². The van der Waals surface area contributed by atoms with Crippen LogP contribution in [0.5, 0.6) is 0 Å². The fourth-order valence-corrected chi connectivity index (χ4v) is 2.29. The van der Waals surface area contributed by atoms with E-state index in [1.165, 1.54) is 0 Å². The Balaban J connectivity index is 0.00000220. The number of halogens is 2. The Morgan fingerprint density at radius 1 is 1.29 bits per heavy atom. The maximum Gasteiger partial charge on any atom is 0.287 e. The van der Waals surface area contributed by atoms with Gasteiger partial charge in [0.2, 0.25) is 0 Å². The molecule has 6 heteroatoms. The number of rotatable bonds is 6. The van der Waals surface area contributed by atoms with Gasteiger partial charge in [0.1, 0.15) is 0 Å². The fourth-order valence-electron chi connectivity index (χ4n) is 2.07. The zero-order valence-electron chi connectivity index (χ0n) is 12.2. The molecule has 2 N–H and O–H groups in total. The summed E-state index contributed by atoms with van der Waals surface area (Å²) >= 11 is 6.07. The summed E-state index contributed by atoms with van der Waals surface area (Å²) in [6.07, 6.45) is 1.08. The molecule has 1 amide bonds. The first kappa shape index (κ1) is 17.8. The van der Waals surface area contributed by atoms with Crippen LogP contribution >= 0.6 is 24.0 Å². The summed E-state index contributed by atoms with van der Waals surface area (Å²) in [4.78, 5) is 12.1. The summed E-state index contributed by atoms with van der Waals surface area (Å²) < 4.78 is 5.61. The van der Waals surface area contributed by atoms with E-state index in [0.717, 1.165) is 30.5 Å². The summed E-state index contributed by atoms with van der Waals surface area (Å²) in [5.41, 5.74) is 1.39. The van der Waals surface area contributed by atoms with Crippen LogP contribution in [0.15, 0.2) is 22.6 Å². The quantitative estimate of drug-likeness (QED) is 0.796. The molecule has 0 unspecified atom stereocenters. The predicted molar refractivity (Wildman–Crippen MR) is 88.7 cm³/mol. The van der Waals surface area contributed by atoms with Crippen LogP contribution in [0.3, 0.4) is 0 Å². The van der Waals surface area contributed by atoms with Gasteiger partial charge in [0, 0.05) is 24.0 Å². The second kappa shape index (κ2) is 8.27. The van der Waals surface area contributed by atoms with E-state index in [2.05, 4.69) is 17.6 Å². The highest BCUT2D eigenvalue weighted by Gasteiger charge is 2.18. The molecular weight excluding hydrogens is 311 g/mol. The SMILES string of the molecule is CCCNCCNC(=O)c1oc2c(Cl)cccc2c1C.Cl. The number of hydrogen-bond donors (Lipinski definition) is 2. The van der Waals surface area contributed by atoms with Crippen LogP contribution in [0.25, 0.3) is 11.0 Å². The maximum absolute atomic E-state index is 12.1. The smallest absolute Gasteiger partial charge is 0.287 e. The van der Waals surface area contributed by atoms with Crippen LogP contribution in [0.2, 0.25) is 5.02 Å². The molecule has 1 aromatic carbocycles. The van der Waals surface area contributed by atoms with Gasteiger partial charge in [-0.2, -0.15) is 0 Å². The van der Waals surface area contributed by atoms with Crippen molar-refractivity contribution in [1.82, 2.24) is 10.6 Å². The lowest BCUT2D eigenvalue weighted by Crippen LogP contribution is -2.32. The van der Waals surface area contributed by atoms with Crippen molar-refractivity contribution in [3.05, 3.63) is 34.5 Å². The lowest BCUT2D eigenvalue weighted by molar-refractivity contribution is 0.0927. The third-order valence-corrected chi connectivity index (χ3v) is 3.43. The van der Waals surface area contributed by atoms with Crippen molar-refractivity contribution >= 4 is 40.9 Å². The van der Waals surface area contributed by atoms with E-state index in [1.807, 2.05) is 19.1 Å². The number of hydrogen-bond acceptors (Lipinski definition) is 3.